The lowest BCUT2D eigenvalue weighted by Gasteiger charge is -2.31. The molecular formula is C26H30N4O3S. The highest BCUT2D eigenvalue weighted by Crippen LogP contribution is 2.27. The van der Waals surface area contributed by atoms with Crippen molar-refractivity contribution in [1.29, 1.82) is 0 Å². The molecule has 1 amide bonds. The molecule has 1 aliphatic rings. The van der Waals surface area contributed by atoms with Gasteiger partial charge in [-0.15, -0.1) is 0 Å². The Labute approximate surface area is 199 Å². The van der Waals surface area contributed by atoms with E-state index in [0.29, 0.717) is 25.9 Å². The molecule has 5 rings (SSSR count). The number of carbonyl (C=O) groups is 1. The summed E-state index contributed by atoms with van der Waals surface area (Å²) in [5.41, 5.74) is 4.45. The van der Waals surface area contributed by atoms with Gasteiger partial charge in [0.25, 0.3) is 0 Å². The van der Waals surface area contributed by atoms with E-state index in [9.17, 15) is 13.2 Å². The van der Waals surface area contributed by atoms with Crippen LogP contribution < -0.4 is 5.32 Å². The number of H-pyrrole nitrogens is 1. The fourth-order valence-electron chi connectivity index (χ4n) is 4.91. The maximum absolute atomic E-state index is 13.3. The molecule has 0 aliphatic carbocycles. The highest BCUT2D eigenvalue weighted by molar-refractivity contribution is 7.89. The Hall–Kier alpha value is -3.10. The Kier molecular flexibility index (Phi) is 5.95. The first kappa shape index (κ1) is 22.7. The average Bonchev–Trinajstić information content (AvgIpc) is 3.41. The molecule has 0 spiro atoms. The summed E-state index contributed by atoms with van der Waals surface area (Å²) in [7, 11) is -1.72. The number of fused-ring (bicyclic) bond motifs is 2. The van der Waals surface area contributed by atoms with Gasteiger partial charge in [-0.25, -0.2) is 8.42 Å². The largest absolute Gasteiger partial charge is 0.361 e. The minimum absolute atomic E-state index is 0.0746. The summed E-state index contributed by atoms with van der Waals surface area (Å²) in [6.45, 7) is 3.24. The highest BCUT2D eigenvalue weighted by atomic mass is 32.2. The molecule has 0 radical (unpaired) electrons. The second-order valence-corrected chi connectivity index (χ2v) is 11.2. The number of amides is 1. The quantitative estimate of drug-likeness (QED) is 0.443. The molecule has 3 heterocycles. The summed E-state index contributed by atoms with van der Waals surface area (Å²) in [5, 5.41) is 5.10. The Morgan fingerprint density at radius 3 is 2.88 bits per heavy atom. The number of sulfonamides is 1. The van der Waals surface area contributed by atoms with Crippen molar-refractivity contribution < 1.29 is 13.2 Å². The van der Waals surface area contributed by atoms with Crippen LogP contribution in [0.5, 0.6) is 0 Å². The number of aromatic amines is 1. The number of hydrogen-bond acceptors (Lipinski definition) is 3. The van der Waals surface area contributed by atoms with Gasteiger partial charge in [-0.2, -0.15) is 4.31 Å². The number of benzene rings is 2. The van der Waals surface area contributed by atoms with Gasteiger partial charge in [-0.1, -0.05) is 11.6 Å². The summed E-state index contributed by atoms with van der Waals surface area (Å²) in [6.07, 6.45) is 6.00. The van der Waals surface area contributed by atoms with Crippen LogP contribution in [0, 0.1) is 12.8 Å². The van der Waals surface area contributed by atoms with Crippen LogP contribution >= 0.6 is 0 Å². The molecular weight excluding hydrogens is 448 g/mol. The second-order valence-electron chi connectivity index (χ2n) is 9.25. The van der Waals surface area contributed by atoms with Crippen molar-refractivity contribution in [3.05, 3.63) is 66.0 Å². The predicted octanol–water partition coefficient (Wildman–Crippen LogP) is 3.73. The van der Waals surface area contributed by atoms with E-state index in [2.05, 4.69) is 35.4 Å². The molecule has 1 aliphatic heterocycles. The molecule has 2 aromatic heterocycles. The summed E-state index contributed by atoms with van der Waals surface area (Å²) in [5.74, 6) is -0.413. The molecule has 1 atom stereocenters. The van der Waals surface area contributed by atoms with Crippen LogP contribution in [-0.2, 0) is 28.3 Å². The van der Waals surface area contributed by atoms with E-state index in [1.54, 1.807) is 12.1 Å². The second kappa shape index (κ2) is 8.92. The van der Waals surface area contributed by atoms with Gasteiger partial charge in [-0.05, 0) is 68.1 Å². The monoisotopic (exact) mass is 478 g/mol. The van der Waals surface area contributed by atoms with E-state index in [4.69, 9.17) is 0 Å². The zero-order valence-corrected chi connectivity index (χ0v) is 20.4. The number of aryl methyl sites for hydroxylation is 2. The van der Waals surface area contributed by atoms with E-state index in [1.807, 2.05) is 36.1 Å². The molecule has 4 aromatic rings. The summed E-state index contributed by atoms with van der Waals surface area (Å²) >= 11 is 0. The number of carbonyl (C=O) groups excluding carboxylic acids is 1. The van der Waals surface area contributed by atoms with Gasteiger partial charge in [0.05, 0.1) is 10.8 Å². The van der Waals surface area contributed by atoms with Crippen LogP contribution in [0.3, 0.4) is 0 Å². The van der Waals surface area contributed by atoms with E-state index in [-0.39, 0.29) is 23.3 Å². The van der Waals surface area contributed by atoms with Crippen LogP contribution in [-0.4, -0.2) is 47.8 Å². The first-order valence-electron chi connectivity index (χ1n) is 11.7. The molecule has 34 heavy (non-hydrogen) atoms. The third kappa shape index (κ3) is 4.23. The van der Waals surface area contributed by atoms with Crippen molar-refractivity contribution in [3.63, 3.8) is 0 Å². The lowest BCUT2D eigenvalue weighted by atomic mass is 9.98. The first-order valence-corrected chi connectivity index (χ1v) is 13.2. The van der Waals surface area contributed by atoms with Crippen molar-refractivity contribution >= 4 is 37.7 Å². The van der Waals surface area contributed by atoms with Gasteiger partial charge >= 0.3 is 0 Å². The molecule has 1 saturated heterocycles. The van der Waals surface area contributed by atoms with E-state index < -0.39 is 10.0 Å². The standard InChI is InChI=1S/C26H30N4O3S/c1-18-5-7-24-23(14-18)20(16-28-24)9-11-27-26(31)21-4-3-12-30(17-21)34(32,33)22-6-8-25-19(15-22)10-13-29(25)2/h5-8,10,13-16,21,28H,3-4,9,11-12,17H2,1-2H3,(H,27,31)/t21-/m0/s1. The molecule has 8 heteroatoms. The highest BCUT2D eigenvalue weighted by Gasteiger charge is 2.33. The maximum Gasteiger partial charge on any atom is 0.243 e. The third-order valence-corrected chi connectivity index (χ3v) is 8.73. The van der Waals surface area contributed by atoms with Gasteiger partial charge in [0.1, 0.15) is 0 Å². The maximum atomic E-state index is 13.3. The summed E-state index contributed by atoms with van der Waals surface area (Å²) < 4.78 is 30.1. The van der Waals surface area contributed by atoms with Crippen LogP contribution in [0.15, 0.2) is 59.8 Å². The minimum Gasteiger partial charge on any atom is -0.361 e. The smallest absolute Gasteiger partial charge is 0.243 e. The van der Waals surface area contributed by atoms with Crippen molar-refractivity contribution in [3.8, 4) is 0 Å². The van der Waals surface area contributed by atoms with Crippen LogP contribution in [0.4, 0.5) is 0 Å². The first-order chi connectivity index (χ1) is 16.3. The lowest BCUT2D eigenvalue weighted by molar-refractivity contribution is -0.126. The van der Waals surface area contributed by atoms with Crippen molar-refractivity contribution in [2.45, 2.75) is 31.1 Å². The van der Waals surface area contributed by atoms with Crippen LogP contribution in [0.25, 0.3) is 21.8 Å². The topological polar surface area (TPSA) is 87.2 Å². The fraction of sp³-hybridized carbons (Fsp3) is 0.346. The molecule has 0 unspecified atom stereocenters. The van der Waals surface area contributed by atoms with Gasteiger partial charge < -0.3 is 14.9 Å². The van der Waals surface area contributed by atoms with Gasteiger partial charge in [0, 0.05) is 60.9 Å². The fourth-order valence-corrected chi connectivity index (χ4v) is 6.47. The molecule has 2 aromatic carbocycles. The number of rotatable bonds is 6. The molecule has 178 valence electrons. The summed E-state index contributed by atoms with van der Waals surface area (Å²) in [4.78, 5) is 16.4. The Bertz CT molecular complexity index is 1470. The van der Waals surface area contributed by atoms with Crippen LogP contribution in [0.2, 0.25) is 0 Å². The Morgan fingerprint density at radius 1 is 1.18 bits per heavy atom. The molecule has 1 fully saturated rings. The average molecular weight is 479 g/mol. The number of piperidine rings is 1. The van der Waals surface area contributed by atoms with E-state index in [0.717, 1.165) is 22.8 Å². The number of nitrogens with zero attached hydrogens (tertiary/aromatic N) is 2. The molecule has 0 saturated carbocycles. The van der Waals surface area contributed by atoms with Crippen LogP contribution in [0.1, 0.15) is 24.0 Å². The van der Waals surface area contributed by atoms with Crippen molar-refractivity contribution in [2.75, 3.05) is 19.6 Å². The van der Waals surface area contributed by atoms with Crippen molar-refractivity contribution in [1.82, 2.24) is 19.2 Å². The van der Waals surface area contributed by atoms with E-state index >= 15 is 0 Å². The van der Waals surface area contributed by atoms with Gasteiger partial charge in [0.2, 0.25) is 15.9 Å². The number of nitrogens with one attached hydrogen (secondary N) is 2. The zero-order valence-electron chi connectivity index (χ0n) is 19.5. The third-order valence-electron chi connectivity index (χ3n) is 6.87. The normalized spacial score (nSPS) is 17.4. The number of hydrogen-bond donors (Lipinski definition) is 2. The predicted molar refractivity (Wildman–Crippen MR) is 134 cm³/mol. The van der Waals surface area contributed by atoms with Gasteiger partial charge in [0.15, 0.2) is 0 Å². The molecule has 0 bridgehead atoms. The lowest BCUT2D eigenvalue weighted by Crippen LogP contribution is -2.45. The Morgan fingerprint density at radius 2 is 2.03 bits per heavy atom. The SMILES string of the molecule is Cc1ccc2[nH]cc(CCNC(=O)[C@H]3CCCN(S(=O)(=O)c4ccc5c(ccn5C)c4)C3)c2c1. The zero-order chi connectivity index (χ0) is 23.9. The summed E-state index contributed by atoms with van der Waals surface area (Å²) in [6, 6.07) is 13.4. The van der Waals surface area contributed by atoms with Crippen molar-refractivity contribution in [2.24, 2.45) is 13.0 Å². The molecule has 7 nitrogen and oxygen atoms in total. The minimum atomic E-state index is -3.66. The number of aromatic nitrogens is 2. The molecule has 2 N–H and O–H groups in total. The van der Waals surface area contributed by atoms with E-state index in [1.165, 1.54) is 20.8 Å². The Balaban J connectivity index is 1.23. The van der Waals surface area contributed by atoms with Gasteiger partial charge in [-0.3, -0.25) is 4.79 Å².